The van der Waals surface area contributed by atoms with Gasteiger partial charge in [-0.3, -0.25) is 4.90 Å². The molecule has 0 bridgehead atoms. The Bertz CT molecular complexity index is 715. The number of thiophene rings is 1. The first-order valence-corrected chi connectivity index (χ1v) is 9.00. The van der Waals surface area contributed by atoms with Gasteiger partial charge in [0.15, 0.2) is 0 Å². The van der Waals surface area contributed by atoms with Crippen LogP contribution in [-0.4, -0.2) is 31.1 Å². The van der Waals surface area contributed by atoms with Gasteiger partial charge in [-0.15, -0.1) is 23.7 Å². The normalized spacial score (nSPS) is 17.2. The van der Waals surface area contributed by atoms with Gasteiger partial charge >= 0.3 is 6.18 Å². The summed E-state index contributed by atoms with van der Waals surface area (Å²) in [6.45, 7) is 3.03. The molecule has 25 heavy (non-hydrogen) atoms. The number of benzene rings is 1. The third kappa shape index (κ3) is 4.81. The maximum Gasteiger partial charge on any atom is 0.416 e. The van der Waals surface area contributed by atoms with Crippen molar-refractivity contribution in [2.24, 2.45) is 0 Å². The Labute approximate surface area is 164 Å². The van der Waals surface area contributed by atoms with Gasteiger partial charge in [-0.1, -0.05) is 23.2 Å². The molecule has 138 valence electrons. The maximum absolute atomic E-state index is 13.1. The molecule has 2 aromatic rings. The average molecular weight is 432 g/mol. The van der Waals surface area contributed by atoms with Crippen LogP contribution in [0.5, 0.6) is 0 Å². The predicted molar refractivity (Wildman–Crippen MR) is 99.3 cm³/mol. The van der Waals surface area contributed by atoms with Crippen molar-refractivity contribution in [1.82, 2.24) is 10.2 Å². The van der Waals surface area contributed by atoms with Crippen LogP contribution in [0.25, 0.3) is 0 Å². The van der Waals surface area contributed by atoms with E-state index in [-0.39, 0.29) is 18.4 Å². The molecule has 2 nitrogen and oxygen atoms in total. The molecule has 0 saturated carbocycles. The van der Waals surface area contributed by atoms with E-state index in [0.29, 0.717) is 14.9 Å². The van der Waals surface area contributed by atoms with E-state index in [1.807, 2.05) is 6.07 Å². The Morgan fingerprint density at radius 2 is 1.76 bits per heavy atom. The molecule has 0 aliphatic carbocycles. The fraction of sp³-hybridized carbons (Fsp3) is 0.375. The third-order valence-corrected chi connectivity index (χ3v) is 5.63. The molecule has 0 unspecified atom stereocenters. The van der Waals surface area contributed by atoms with Crippen LogP contribution in [0.15, 0.2) is 30.3 Å². The van der Waals surface area contributed by atoms with Gasteiger partial charge in [0, 0.05) is 36.1 Å². The fourth-order valence-electron chi connectivity index (χ4n) is 2.88. The predicted octanol–water partition coefficient (Wildman–Crippen LogP) is 5.49. The average Bonchev–Trinajstić information content (AvgIpc) is 2.95. The summed E-state index contributed by atoms with van der Waals surface area (Å²) in [7, 11) is 0. The van der Waals surface area contributed by atoms with Crippen LogP contribution in [0.2, 0.25) is 9.36 Å². The highest BCUT2D eigenvalue weighted by molar-refractivity contribution is 7.16. The first kappa shape index (κ1) is 20.8. The number of piperazine rings is 1. The molecule has 3 rings (SSSR count). The van der Waals surface area contributed by atoms with E-state index >= 15 is 0 Å². The van der Waals surface area contributed by atoms with Gasteiger partial charge in [-0.05, 0) is 35.9 Å². The summed E-state index contributed by atoms with van der Waals surface area (Å²) in [5.74, 6) is 0. The van der Waals surface area contributed by atoms with Crippen molar-refractivity contribution in [2.75, 3.05) is 26.2 Å². The summed E-state index contributed by atoms with van der Waals surface area (Å²) < 4.78 is 40.0. The maximum atomic E-state index is 13.1. The van der Waals surface area contributed by atoms with Crippen LogP contribution in [0, 0.1) is 0 Å². The van der Waals surface area contributed by atoms with Crippen LogP contribution in [0.1, 0.15) is 22.0 Å². The minimum Gasteiger partial charge on any atom is -0.314 e. The zero-order valence-electron chi connectivity index (χ0n) is 12.9. The first-order valence-electron chi connectivity index (χ1n) is 7.43. The van der Waals surface area contributed by atoms with Crippen molar-refractivity contribution in [3.63, 3.8) is 0 Å². The number of alkyl halides is 3. The summed E-state index contributed by atoms with van der Waals surface area (Å²) in [5, 5.41) is 3.58. The van der Waals surface area contributed by atoms with Gasteiger partial charge in [-0.2, -0.15) is 13.2 Å². The lowest BCUT2D eigenvalue weighted by Crippen LogP contribution is -2.45. The van der Waals surface area contributed by atoms with Crippen molar-refractivity contribution in [2.45, 2.75) is 12.2 Å². The van der Waals surface area contributed by atoms with Gasteiger partial charge < -0.3 is 5.32 Å². The molecule has 1 N–H and O–H groups in total. The number of hydrogen-bond donors (Lipinski definition) is 1. The Morgan fingerprint density at radius 3 is 2.32 bits per heavy atom. The van der Waals surface area contributed by atoms with E-state index in [1.54, 1.807) is 6.07 Å². The lowest BCUT2D eigenvalue weighted by Gasteiger charge is -2.35. The summed E-state index contributed by atoms with van der Waals surface area (Å²) in [6, 6.07) is 6.78. The number of rotatable bonds is 3. The lowest BCUT2D eigenvalue weighted by molar-refractivity contribution is -0.137. The molecule has 1 saturated heterocycles. The van der Waals surface area contributed by atoms with Gasteiger partial charge in [0.05, 0.1) is 15.9 Å². The second kappa shape index (κ2) is 8.46. The molecule has 1 aromatic heterocycles. The molecule has 1 aliphatic rings. The van der Waals surface area contributed by atoms with Crippen molar-refractivity contribution in [3.8, 4) is 0 Å². The highest BCUT2D eigenvalue weighted by atomic mass is 35.5. The molecule has 9 heteroatoms. The Hall–Kier alpha value is -0.500. The van der Waals surface area contributed by atoms with Crippen molar-refractivity contribution in [1.29, 1.82) is 0 Å². The standard InChI is InChI=1S/C16H15Cl2F3N2S.ClH/c17-12-2-1-10(16(19,20)21)9-11(12)15(13-3-4-14(18)24-13)23-7-5-22-6-8-23;/h1-4,9,15,22H,5-8H2;1H/t15-;/m0./s1. The topological polar surface area (TPSA) is 15.3 Å². The van der Waals surface area contributed by atoms with Crippen molar-refractivity contribution < 1.29 is 13.2 Å². The lowest BCUT2D eigenvalue weighted by atomic mass is 10.00. The molecule has 1 aromatic carbocycles. The summed E-state index contributed by atoms with van der Waals surface area (Å²) in [4.78, 5) is 3.03. The SMILES string of the molecule is Cl.FC(F)(F)c1ccc(Cl)c([C@@H](c2ccc(Cl)s2)N2CCNCC2)c1. The van der Waals surface area contributed by atoms with E-state index in [0.717, 1.165) is 43.2 Å². The van der Waals surface area contributed by atoms with Crippen LogP contribution in [0.3, 0.4) is 0 Å². The van der Waals surface area contributed by atoms with Crippen LogP contribution in [-0.2, 0) is 6.18 Å². The highest BCUT2D eigenvalue weighted by Crippen LogP contribution is 2.40. The monoisotopic (exact) mass is 430 g/mol. The fourth-order valence-corrected chi connectivity index (χ4v) is 4.31. The molecule has 0 radical (unpaired) electrons. The number of nitrogens with zero attached hydrogens (tertiary/aromatic N) is 1. The van der Waals surface area contributed by atoms with Gasteiger partial charge in [0.25, 0.3) is 0 Å². The highest BCUT2D eigenvalue weighted by Gasteiger charge is 2.33. The zero-order valence-corrected chi connectivity index (χ0v) is 16.1. The van der Waals surface area contributed by atoms with E-state index in [2.05, 4.69) is 10.2 Å². The van der Waals surface area contributed by atoms with E-state index in [9.17, 15) is 13.2 Å². The van der Waals surface area contributed by atoms with Crippen molar-refractivity contribution >= 4 is 46.9 Å². The van der Waals surface area contributed by atoms with Crippen LogP contribution < -0.4 is 5.32 Å². The quantitative estimate of drug-likeness (QED) is 0.691. The zero-order chi connectivity index (χ0) is 17.3. The van der Waals surface area contributed by atoms with Crippen LogP contribution in [0.4, 0.5) is 13.2 Å². The second-order valence-electron chi connectivity index (χ2n) is 5.56. The first-order chi connectivity index (χ1) is 11.4. The van der Waals surface area contributed by atoms with E-state index in [1.165, 1.54) is 17.4 Å². The second-order valence-corrected chi connectivity index (χ2v) is 7.72. The Morgan fingerprint density at radius 1 is 1.08 bits per heavy atom. The van der Waals surface area contributed by atoms with Crippen LogP contribution >= 0.6 is 46.9 Å². The molecular weight excluding hydrogens is 416 g/mol. The van der Waals surface area contributed by atoms with E-state index in [4.69, 9.17) is 23.2 Å². The molecule has 0 spiro atoms. The molecule has 1 aliphatic heterocycles. The van der Waals surface area contributed by atoms with Crippen molar-refractivity contribution in [3.05, 3.63) is 55.7 Å². The number of nitrogens with one attached hydrogen (secondary N) is 1. The third-order valence-electron chi connectivity index (χ3n) is 4.00. The van der Waals surface area contributed by atoms with Gasteiger partial charge in [0.1, 0.15) is 0 Å². The smallest absolute Gasteiger partial charge is 0.314 e. The summed E-state index contributed by atoms with van der Waals surface area (Å²) >= 11 is 13.7. The Balaban J connectivity index is 0.00000225. The van der Waals surface area contributed by atoms with Gasteiger partial charge in [0.2, 0.25) is 0 Å². The summed E-state index contributed by atoms with van der Waals surface area (Å²) in [5.41, 5.74) is -0.225. The molecular formula is C16H16Cl3F3N2S. The molecule has 0 amide bonds. The van der Waals surface area contributed by atoms with Gasteiger partial charge in [-0.25, -0.2) is 0 Å². The molecule has 2 heterocycles. The minimum atomic E-state index is -4.40. The summed E-state index contributed by atoms with van der Waals surface area (Å²) in [6.07, 6.45) is -4.40. The Kier molecular flexibility index (Phi) is 7.04. The molecule has 1 atom stereocenters. The van der Waals surface area contributed by atoms with E-state index < -0.39 is 11.7 Å². The minimum absolute atomic E-state index is 0. The number of hydrogen-bond acceptors (Lipinski definition) is 3. The number of halogens is 6. The molecule has 1 fully saturated rings. The largest absolute Gasteiger partial charge is 0.416 e.